The van der Waals surface area contributed by atoms with Gasteiger partial charge in [-0.05, 0) is 110 Å². The molecule has 0 aromatic heterocycles. The van der Waals surface area contributed by atoms with Crippen LogP contribution in [0.3, 0.4) is 0 Å². The normalized spacial score (nSPS) is 17.9. The average Bonchev–Trinajstić information content (AvgIpc) is 2.89. The number of hydrogen-bond donors (Lipinski definition) is 0. The van der Waals surface area contributed by atoms with E-state index in [0.29, 0.717) is 22.4 Å². The number of benzene rings is 3. The number of halogens is 3. The molecule has 1 saturated carbocycles. The predicted octanol–water partition coefficient (Wildman–Crippen LogP) is 10.7. The Balaban J connectivity index is 1.24. The van der Waals surface area contributed by atoms with Crippen LogP contribution in [0.5, 0.6) is 0 Å². The van der Waals surface area contributed by atoms with Gasteiger partial charge in [-0.3, -0.25) is 0 Å². The fourth-order valence-electron chi connectivity index (χ4n) is 5.71. The minimum Gasteiger partial charge on any atom is -0.206 e. The minimum absolute atomic E-state index is 0.0263. The Bertz CT molecular complexity index is 1060. The zero-order valence-electron chi connectivity index (χ0n) is 21.5. The number of hydrogen-bond acceptors (Lipinski definition) is 0. The van der Waals surface area contributed by atoms with Gasteiger partial charge >= 0.3 is 0 Å². The van der Waals surface area contributed by atoms with Crippen LogP contribution >= 0.6 is 11.6 Å². The lowest BCUT2D eigenvalue weighted by atomic mass is 9.76. The van der Waals surface area contributed by atoms with Gasteiger partial charge in [0.05, 0.1) is 5.56 Å². The maximum absolute atomic E-state index is 14.8. The highest BCUT2D eigenvalue weighted by Crippen LogP contribution is 2.38. The summed E-state index contributed by atoms with van der Waals surface area (Å²) in [6.45, 7) is 2.26. The third-order valence-corrected chi connectivity index (χ3v) is 8.19. The molecule has 0 saturated heterocycles. The molecule has 192 valence electrons. The largest absolute Gasteiger partial charge is 0.206 e. The van der Waals surface area contributed by atoms with Crippen LogP contribution in [0.15, 0.2) is 60.7 Å². The zero-order valence-corrected chi connectivity index (χ0v) is 22.3. The highest BCUT2D eigenvalue weighted by molar-refractivity contribution is 6.30. The van der Waals surface area contributed by atoms with Crippen LogP contribution < -0.4 is 0 Å². The lowest BCUT2D eigenvalue weighted by Gasteiger charge is -2.29. The number of aryl methyl sites for hydroxylation is 2. The maximum atomic E-state index is 14.8. The van der Waals surface area contributed by atoms with Crippen molar-refractivity contribution in [3.05, 3.63) is 94.0 Å². The minimum atomic E-state index is -0.500. The predicted molar refractivity (Wildman–Crippen MR) is 149 cm³/mol. The van der Waals surface area contributed by atoms with Crippen molar-refractivity contribution in [3.63, 3.8) is 0 Å². The Morgan fingerprint density at radius 2 is 1.36 bits per heavy atom. The molecule has 3 aromatic carbocycles. The van der Waals surface area contributed by atoms with Gasteiger partial charge in [-0.1, -0.05) is 80.6 Å². The second kappa shape index (κ2) is 13.4. The summed E-state index contributed by atoms with van der Waals surface area (Å²) in [5, 5.41) is 0.552. The SMILES string of the molecule is CCCCCCCc1ccc(C2CCC(CCc3cc(F)c(-c4ccc(Cl)cc4)c(F)c3)CC2)cc1. The Morgan fingerprint density at radius 1 is 0.722 bits per heavy atom. The van der Waals surface area contributed by atoms with E-state index in [9.17, 15) is 8.78 Å². The van der Waals surface area contributed by atoms with E-state index >= 15 is 0 Å². The summed E-state index contributed by atoms with van der Waals surface area (Å²) in [4.78, 5) is 0. The van der Waals surface area contributed by atoms with Gasteiger partial charge < -0.3 is 0 Å². The Labute approximate surface area is 221 Å². The summed E-state index contributed by atoms with van der Waals surface area (Å²) >= 11 is 5.91. The monoisotopic (exact) mass is 508 g/mol. The first-order chi connectivity index (χ1) is 17.5. The van der Waals surface area contributed by atoms with E-state index in [0.717, 1.165) is 18.4 Å². The molecule has 4 rings (SSSR count). The van der Waals surface area contributed by atoms with Crippen LogP contribution in [-0.2, 0) is 12.8 Å². The molecule has 3 aromatic rings. The summed E-state index contributed by atoms with van der Waals surface area (Å²) in [7, 11) is 0. The van der Waals surface area contributed by atoms with Crippen molar-refractivity contribution < 1.29 is 8.78 Å². The molecule has 3 heteroatoms. The topological polar surface area (TPSA) is 0 Å². The van der Waals surface area contributed by atoms with Crippen molar-refractivity contribution in [1.29, 1.82) is 0 Å². The van der Waals surface area contributed by atoms with Crippen LogP contribution in [0.2, 0.25) is 5.02 Å². The van der Waals surface area contributed by atoms with E-state index in [1.54, 1.807) is 24.3 Å². The Kier molecular flexibility index (Phi) is 9.98. The standard InChI is InChI=1S/C33H39ClF2/c1-2-3-4-5-6-7-24-10-14-27(15-11-24)28-16-12-25(13-17-28)8-9-26-22-31(35)33(32(36)23-26)29-18-20-30(34)21-19-29/h10-11,14-15,18-23,25,28H,2-9,12-13,16-17H2,1H3. The first-order valence-corrected chi connectivity index (χ1v) is 14.2. The molecule has 0 heterocycles. The van der Waals surface area contributed by atoms with Crippen LogP contribution in [0.1, 0.15) is 93.7 Å². The molecule has 36 heavy (non-hydrogen) atoms. The zero-order chi connectivity index (χ0) is 25.3. The van der Waals surface area contributed by atoms with E-state index in [1.165, 1.54) is 87.5 Å². The first-order valence-electron chi connectivity index (χ1n) is 13.9. The Morgan fingerprint density at radius 3 is 2.00 bits per heavy atom. The summed E-state index contributed by atoms with van der Waals surface area (Å²) < 4.78 is 29.6. The van der Waals surface area contributed by atoms with E-state index in [4.69, 9.17) is 11.6 Å². The summed E-state index contributed by atoms with van der Waals surface area (Å²) in [5.41, 5.74) is 4.23. The number of unbranched alkanes of at least 4 members (excludes halogenated alkanes) is 4. The fourth-order valence-corrected chi connectivity index (χ4v) is 5.83. The molecule has 0 atom stereocenters. The summed E-state index contributed by atoms with van der Waals surface area (Å²) in [6.07, 6.45) is 14.3. The van der Waals surface area contributed by atoms with Gasteiger partial charge in [0.25, 0.3) is 0 Å². The summed E-state index contributed by atoms with van der Waals surface area (Å²) in [6, 6.07) is 19.0. The van der Waals surface area contributed by atoms with Gasteiger partial charge in [0.15, 0.2) is 0 Å². The first kappa shape index (κ1) is 26.9. The van der Waals surface area contributed by atoms with Crippen molar-refractivity contribution in [2.45, 2.75) is 89.9 Å². The van der Waals surface area contributed by atoms with E-state index in [-0.39, 0.29) is 5.56 Å². The molecule has 0 nitrogen and oxygen atoms in total. The highest BCUT2D eigenvalue weighted by atomic mass is 35.5. The highest BCUT2D eigenvalue weighted by Gasteiger charge is 2.23. The lowest BCUT2D eigenvalue weighted by molar-refractivity contribution is 0.310. The van der Waals surface area contributed by atoms with Crippen LogP contribution in [0.25, 0.3) is 11.1 Å². The van der Waals surface area contributed by atoms with E-state index < -0.39 is 11.6 Å². The molecule has 1 fully saturated rings. The lowest BCUT2D eigenvalue weighted by Crippen LogP contribution is -2.14. The number of rotatable bonds is 11. The molecule has 0 aliphatic heterocycles. The van der Waals surface area contributed by atoms with Crippen LogP contribution in [-0.4, -0.2) is 0 Å². The third-order valence-electron chi connectivity index (χ3n) is 7.94. The molecular formula is C33H39ClF2. The molecule has 1 aliphatic rings. The summed E-state index contributed by atoms with van der Waals surface area (Å²) in [5.74, 6) is 0.278. The van der Waals surface area contributed by atoms with Crippen LogP contribution in [0, 0.1) is 17.6 Å². The van der Waals surface area contributed by atoms with Gasteiger partial charge in [0.1, 0.15) is 11.6 Å². The van der Waals surface area contributed by atoms with Crippen molar-refractivity contribution >= 4 is 11.6 Å². The second-order valence-corrected chi connectivity index (χ2v) is 11.0. The molecule has 1 aliphatic carbocycles. The molecule has 0 spiro atoms. The van der Waals surface area contributed by atoms with Crippen molar-refractivity contribution in [2.75, 3.05) is 0 Å². The quantitative estimate of drug-likeness (QED) is 0.226. The molecule has 0 N–H and O–H groups in total. The van der Waals surface area contributed by atoms with E-state index in [1.807, 2.05) is 0 Å². The molecule has 0 unspecified atom stereocenters. The third kappa shape index (κ3) is 7.42. The van der Waals surface area contributed by atoms with E-state index in [2.05, 4.69) is 31.2 Å². The smallest absolute Gasteiger partial charge is 0.134 e. The van der Waals surface area contributed by atoms with Gasteiger partial charge in [-0.2, -0.15) is 0 Å². The van der Waals surface area contributed by atoms with Gasteiger partial charge in [0.2, 0.25) is 0 Å². The van der Waals surface area contributed by atoms with Gasteiger partial charge in [-0.25, -0.2) is 8.78 Å². The Hall–Kier alpha value is -2.19. The fraction of sp³-hybridized carbons (Fsp3) is 0.455. The van der Waals surface area contributed by atoms with Crippen molar-refractivity contribution in [3.8, 4) is 11.1 Å². The molecule has 0 radical (unpaired) electrons. The maximum Gasteiger partial charge on any atom is 0.134 e. The molecular weight excluding hydrogens is 470 g/mol. The van der Waals surface area contributed by atoms with Crippen molar-refractivity contribution in [2.24, 2.45) is 5.92 Å². The molecule has 0 bridgehead atoms. The van der Waals surface area contributed by atoms with Crippen LogP contribution in [0.4, 0.5) is 8.78 Å². The van der Waals surface area contributed by atoms with Crippen molar-refractivity contribution in [1.82, 2.24) is 0 Å². The van der Waals surface area contributed by atoms with Gasteiger partial charge in [0, 0.05) is 5.02 Å². The average molecular weight is 509 g/mol. The molecule has 0 amide bonds. The second-order valence-electron chi connectivity index (χ2n) is 10.6. The van der Waals surface area contributed by atoms with Gasteiger partial charge in [-0.15, -0.1) is 0 Å².